The summed E-state index contributed by atoms with van der Waals surface area (Å²) in [5.74, 6) is 0.0436. The third-order valence-corrected chi connectivity index (χ3v) is 3.07. The van der Waals surface area contributed by atoms with E-state index in [1.165, 1.54) is 11.0 Å². The van der Waals surface area contributed by atoms with Gasteiger partial charge in [0, 0.05) is 26.7 Å². The summed E-state index contributed by atoms with van der Waals surface area (Å²) >= 11 is 4.08. The van der Waals surface area contributed by atoms with Crippen molar-refractivity contribution < 1.29 is 4.79 Å². The van der Waals surface area contributed by atoms with Crippen LogP contribution < -0.4 is 10.6 Å². The van der Waals surface area contributed by atoms with Crippen molar-refractivity contribution >= 4 is 28.5 Å². The molecular weight excluding hydrogens is 194 g/mol. The Morgan fingerprint density at radius 1 is 1.83 bits per heavy atom. The number of hydrogen-bond acceptors (Lipinski definition) is 5. The summed E-state index contributed by atoms with van der Waals surface area (Å²) in [4.78, 5) is 11.2. The minimum atomic E-state index is -0.0941. The minimum Gasteiger partial charge on any atom is -0.358 e. The van der Waals surface area contributed by atoms with Crippen molar-refractivity contribution in [3.8, 4) is 0 Å². The predicted octanol–water partition coefficient (Wildman–Crippen LogP) is -0.501. The van der Waals surface area contributed by atoms with Gasteiger partial charge in [0.1, 0.15) is 6.04 Å². The SMILES string of the molecule is CNC(=O)C1CN(SS)CCN1. The summed E-state index contributed by atoms with van der Waals surface area (Å²) in [5.41, 5.74) is 0. The summed E-state index contributed by atoms with van der Waals surface area (Å²) in [6.07, 6.45) is 0. The van der Waals surface area contributed by atoms with Crippen molar-refractivity contribution in [1.29, 1.82) is 0 Å². The monoisotopic (exact) mass is 207 g/mol. The summed E-state index contributed by atoms with van der Waals surface area (Å²) in [7, 11) is 3.03. The van der Waals surface area contributed by atoms with Crippen molar-refractivity contribution in [1.82, 2.24) is 14.9 Å². The second kappa shape index (κ2) is 4.96. The van der Waals surface area contributed by atoms with Crippen LogP contribution in [0.2, 0.25) is 0 Å². The summed E-state index contributed by atoms with van der Waals surface area (Å²) in [6, 6.07) is -0.0941. The van der Waals surface area contributed by atoms with Crippen LogP contribution in [0.25, 0.3) is 0 Å². The van der Waals surface area contributed by atoms with E-state index in [1.807, 2.05) is 0 Å². The average Bonchev–Trinajstić information content (AvgIpc) is 2.17. The Balaban J connectivity index is 2.40. The van der Waals surface area contributed by atoms with Crippen LogP contribution in [-0.4, -0.2) is 42.9 Å². The highest BCUT2D eigenvalue weighted by Crippen LogP contribution is 2.15. The topological polar surface area (TPSA) is 44.4 Å². The number of nitrogens with one attached hydrogen (secondary N) is 2. The Morgan fingerprint density at radius 2 is 2.58 bits per heavy atom. The highest BCUT2D eigenvalue weighted by Gasteiger charge is 2.23. The first kappa shape index (κ1) is 10.2. The first-order valence-corrected chi connectivity index (χ1v) is 5.62. The van der Waals surface area contributed by atoms with Gasteiger partial charge in [0.05, 0.1) is 0 Å². The van der Waals surface area contributed by atoms with Gasteiger partial charge in [0.25, 0.3) is 0 Å². The first-order chi connectivity index (χ1) is 5.77. The fourth-order valence-corrected chi connectivity index (χ4v) is 1.98. The second-order valence-electron chi connectivity index (χ2n) is 2.59. The van der Waals surface area contributed by atoms with E-state index in [0.29, 0.717) is 6.54 Å². The van der Waals surface area contributed by atoms with E-state index in [9.17, 15) is 4.79 Å². The number of amides is 1. The maximum Gasteiger partial charge on any atom is 0.238 e. The molecular formula is C6H13N3OS2. The molecule has 1 amide bonds. The molecule has 0 aromatic carbocycles. The molecule has 1 atom stereocenters. The number of thiol groups is 1. The molecule has 6 heteroatoms. The van der Waals surface area contributed by atoms with Crippen LogP contribution in [0.3, 0.4) is 0 Å². The van der Waals surface area contributed by atoms with Gasteiger partial charge in [-0.2, -0.15) is 0 Å². The number of carbonyl (C=O) groups is 1. The van der Waals surface area contributed by atoms with E-state index in [-0.39, 0.29) is 11.9 Å². The molecule has 70 valence electrons. The fraction of sp³-hybridized carbons (Fsp3) is 0.833. The zero-order valence-corrected chi connectivity index (χ0v) is 8.62. The molecule has 1 aliphatic rings. The van der Waals surface area contributed by atoms with Gasteiger partial charge in [0.15, 0.2) is 0 Å². The van der Waals surface area contributed by atoms with E-state index < -0.39 is 0 Å². The molecule has 1 aliphatic heterocycles. The second-order valence-corrected chi connectivity index (χ2v) is 3.76. The third-order valence-electron chi connectivity index (χ3n) is 1.82. The van der Waals surface area contributed by atoms with Gasteiger partial charge in [-0.15, -0.1) is 0 Å². The molecule has 2 N–H and O–H groups in total. The smallest absolute Gasteiger partial charge is 0.238 e. The van der Waals surface area contributed by atoms with E-state index in [1.54, 1.807) is 7.05 Å². The van der Waals surface area contributed by atoms with Crippen LogP contribution in [0.4, 0.5) is 0 Å². The largest absolute Gasteiger partial charge is 0.358 e. The van der Waals surface area contributed by atoms with Crippen LogP contribution in [-0.2, 0) is 4.79 Å². The zero-order chi connectivity index (χ0) is 8.97. The lowest BCUT2D eigenvalue weighted by Crippen LogP contribution is -2.54. The number of piperazine rings is 1. The quantitative estimate of drug-likeness (QED) is 0.324. The molecule has 1 saturated heterocycles. The van der Waals surface area contributed by atoms with E-state index in [0.717, 1.165) is 13.1 Å². The maximum absolute atomic E-state index is 11.2. The van der Waals surface area contributed by atoms with Crippen molar-refractivity contribution in [2.24, 2.45) is 0 Å². The van der Waals surface area contributed by atoms with Gasteiger partial charge >= 0.3 is 0 Å². The molecule has 0 aromatic heterocycles. The highest BCUT2D eigenvalue weighted by molar-refractivity contribution is 8.67. The lowest BCUT2D eigenvalue weighted by Gasteiger charge is -2.30. The number of rotatable bonds is 2. The van der Waals surface area contributed by atoms with Crippen LogP contribution in [0.1, 0.15) is 0 Å². The number of nitrogens with zero attached hydrogens (tertiary/aromatic N) is 1. The molecule has 0 saturated carbocycles. The lowest BCUT2D eigenvalue weighted by atomic mass is 10.2. The van der Waals surface area contributed by atoms with Gasteiger partial charge in [-0.25, -0.2) is 4.31 Å². The molecule has 0 aromatic rings. The van der Waals surface area contributed by atoms with Crippen molar-refractivity contribution in [3.05, 3.63) is 0 Å². The number of hydrogen-bond donors (Lipinski definition) is 3. The Labute approximate surface area is 81.4 Å². The maximum atomic E-state index is 11.2. The van der Waals surface area contributed by atoms with E-state index in [2.05, 4.69) is 26.6 Å². The van der Waals surface area contributed by atoms with Crippen LogP contribution >= 0.6 is 22.6 Å². The Morgan fingerprint density at radius 3 is 3.17 bits per heavy atom. The Kier molecular flexibility index (Phi) is 4.20. The molecule has 1 heterocycles. The van der Waals surface area contributed by atoms with Crippen LogP contribution in [0, 0.1) is 0 Å². The molecule has 1 unspecified atom stereocenters. The molecule has 1 fully saturated rings. The Hall–Kier alpha value is 0.0900. The predicted molar refractivity (Wildman–Crippen MR) is 54.0 cm³/mol. The summed E-state index contributed by atoms with van der Waals surface area (Å²) in [5, 5.41) is 5.75. The van der Waals surface area contributed by atoms with Crippen molar-refractivity contribution in [3.63, 3.8) is 0 Å². The molecule has 0 aliphatic carbocycles. The zero-order valence-electron chi connectivity index (χ0n) is 6.91. The molecule has 4 nitrogen and oxygen atoms in total. The summed E-state index contributed by atoms with van der Waals surface area (Å²) in [6.45, 7) is 2.49. The van der Waals surface area contributed by atoms with E-state index >= 15 is 0 Å². The first-order valence-electron chi connectivity index (χ1n) is 3.79. The van der Waals surface area contributed by atoms with Crippen molar-refractivity contribution in [2.45, 2.75) is 6.04 Å². The van der Waals surface area contributed by atoms with Crippen molar-refractivity contribution in [2.75, 3.05) is 26.7 Å². The van der Waals surface area contributed by atoms with Gasteiger partial charge in [0.2, 0.25) is 5.91 Å². The number of carbonyl (C=O) groups excluding carboxylic acids is 1. The van der Waals surface area contributed by atoms with Gasteiger partial charge < -0.3 is 10.6 Å². The molecule has 1 rings (SSSR count). The number of likely N-dealkylation sites (N-methyl/N-ethyl adjacent to an activating group) is 1. The van der Waals surface area contributed by atoms with Gasteiger partial charge in [-0.05, 0) is 11.0 Å². The molecule has 12 heavy (non-hydrogen) atoms. The molecule has 0 bridgehead atoms. The third kappa shape index (κ3) is 2.55. The summed E-state index contributed by atoms with van der Waals surface area (Å²) < 4.78 is 2.06. The van der Waals surface area contributed by atoms with Crippen LogP contribution in [0.5, 0.6) is 0 Å². The highest BCUT2D eigenvalue weighted by atomic mass is 33.1. The normalized spacial score (nSPS) is 25.3. The average molecular weight is 207 g/mol. The van der Waals surface area contributed by atoms with E-state index in [4.69, 9.17) is 0 Å². The standard InChI is InChI=1S/C6H13N3OS2/c1-7-6(10)5-4-9(12-11)3-2-8-5/h5,8,11H,2-4H2,1H3,(H,7,10). The Bertz CT molecular complexity index is 167. The fourth-order valence-electron chi connectivity index (χ4n) is 1.15. The lowest BCUT2D eigenvalue weighted by molar-refractivity contribution is -0.123. The van der Waals surface area contributed by atoms with Crippen LogP contribution in [0.15, 0.2) is 0 Å². The van der Waals surface area contributed by atoms with Gasteiger partial charge in [-0.1, -0.05) is 11.7 Å². The van der Waals surface area contributed by atoms with Gasteiger partial charge in [-0.3, -0.25) is 4.79 Å². The molecule has 0 spiro atoms. The minimum absolute atomic E-state index is 0.0436. The molecule has 0 radical (unpaired) electrons.